The Morgan fingerprint density at radius 3 is 2.50 bits per heavy atom. The second kappa shape index (κ2) is 4.70. The number of nitrogens with zero attached hydrogens (tertiary/aromatic N) is 3. The molecule has 0 spiro atoms. The van der Waals surface area contributed by atoms with Gasteiger partial charge in [-0.15, -0.1) is 10.2 Å². The van der Waals surface area contributed by atoms with Crippen LogP contribution in [0, 0.1) is 23.7 Å². The van der Waals surface area contributed by atoms with E-state index >= 15 is 0 Å². The molecule has 8 heteroatoms. The van der Waals surface area contributed by atoms with Crippen molar-refractivity contribution < 1.29 is 14.4 Å². The van der Waals surface area contributed by atoms with E-state index in [1.807, 2.05) is 12.2 Å². The van der Waals surface area contributed by atoms with Gasteiger partial charge in [-0.1, -0.05) is 23.5 Å². The predicted octanol–water partition coefficient (Wildman–Crippen LogP) is 0.672. The average Bonchev–Trinajstić information content (AvgIpc) is 3.24. The summed E-state index contributed by atoms with van der Waals surface area (Å²) in [5, 5.41) is 10.3. The molecule has 1 saturated heterocycles. The summed E-state index contributed by atoms with van der Waals surface area (Å²) in [6.07, 6.45) is 4.95. The topological polar surface area (TPSA) is 92.3 Å². The summed E-state index contributed by atoms with van der Waals surface area (Å²) < 4.78 is 0. The number of imide groups is 1. The summed E-state index contributed by atoms with van der Waals surface area (Å²) >= 11 is 1.19. The van der Waals surface area contributed by atoms with Crippen molar-refractivity contribution in [3.63, 3.8) is 0 Å². The first-order valence-corrected chi connectivity index (χ1v) is 8.08. The predicted molar refractivity (Wildman–Crippen MR) is 77.6 cm³/mol. The molecule has 1 aromatic rings. The van der Waals surface area contributed by atoms with Crippen LogP contribution in [-0.4, -0.2) is 38.9 Å². The number of hydrogen-bond donors (Lipinski definition) is 1. The van der Waals surface area contributed by atoms with Crippen LogP contribution < -0.4 is 5.32 Å². The SMILES string of the molecule is C[C@H](C(=O)Nc1nncs1)N1C(=O)[C@@H]2[C@H](C1=O)[C@H]1C=C[C@H]2C1. The summed E-state index contributed by atoms with van der Waals surface area (Å²) in [5.41, 5.74) is 1.50. The lowest BCUT2D eigenvalue weighted by atomic mass is 9.85. The number of amides is 3. The lowest BCUT2D eigenvalue weighted by Crippen LogP contribution is -2.46. The molecule has 0 aromatic carbocycles. The highest BCUT2D eigenvalue weighted by atomic mass is 32.1. The van der Waals surface area contributed by atoms with Crippen molar-refractivity contribution in [1.29, 1.82) is 0 Å². The van der Waals surface area contributed by atoms with Crippen LogP contribution in [0.1, 0.15) is 13.3 Å². The van der Waals surface area contributed by atoms with E-state index in [1.165, 1.54) is 16.8 Å². The Hall–Kier alpha value is -2.09. The Kier molecular flexibility index (Phi) is 2.90. The minimum atomic E-state index is -0.839. The van der Waals surface area contributed by atoms with Crippen molar-refractivity contribution in [2.75, 3.05) is 5.32 Å². The van der Waals surface area contributed by atoms with Crippen LogP contribution in [0.25, 0.3) is 0 Å². The van der Waals surface area contributed by atoms with Gasteiger partial charge in [0.2, 0.25) is 22.9 Å². The summed E-state index contributed by atoms with van der Waals surface area (Å²) in [6, 6.07) is -0.839. The van der Waals surface area contributed by atoms with Gasteiger partial charge in [0, 0.05) is 0 Å². The summed E-state index contributed by atoms with van der Waals surface area (Å²) in [7, 11) is 0. The molecule has 7 nitrogen and oxygen atoms in total. The van der Waals surface area contributed by atoms with Gasteiger partial charge < -0.3 is 0 Å². The van der Waals surface area contributed by atoms with Crippen molar-refractivity contribution >= 4 is 34.2 Å². The summed E-state index contributed by atoms with van der Waals surface area (Å²) in [5.74, 6) is -1.11. The molecule has 2 fully saturated rings. The molecule has 3 amide bonds. The standard InChI is InChI=1S/C14H14N4O3S/c1-6(11(19)16-14-17-15-5-22-14)18-12(20)9-7-2-3-8(4-7)10(9)13(18)21/h2-3,5-10H,4H2,1H3,(H,16,17,19)/t6-,7+,8+,9-,10+/m1/s1. The highest BCUT2D eigenvalue weighted by Crippen LogP contribution is 2.52. The Balaban J connectivity index is 1.54. The number of rotatable bonds is 3. The van der Waals surface area contributed by atoms with E-state index in [0.29, 0.717) is 5.13 Å². The van der Waals surface area contributed by atoms with E-state index in [2.05, 4.69) is 15.5 Å². The molecule has 22 heavy (non-hydrogen) atoms. The lowest BCUT2D eigenvalue weighted by molar-refractivity contribution is -0.146. The molecule has 3 aliphatic rings. The fourth-order valence-electron chi connectivity index (χ4n) is 3.86. The molecule has 114 valence electrons. The number of nitrogens with one attached hydrogen (secondary N) is 1. The molecular formula is C14H14N4O3S. The van der Waals surface area contributed by atoms with E-state index < -0.39 is 11.9 Å². The molecule has 1 aromatic heterocycles. The van der Waals surface area contributed by atoms with Crippen LogP contribution in [0.2, 0.25) is 0 Å². The quantitative estimate of drug-likeness (QED) is 0.653. The summed E-state index contributed by atoms with van der Waals surface area (Å²) in [6.45, 7) is 1.57. The van der Waals surface area contributed by atoms with E-state index in [9.17, 15) is 14.4 Å². The number of allylic oxidation sites excluding steroid dienone is 2. The van der Waals surface area contributed by atoms with Crippen molar-refractivity contribution in [3.8, 4) is 0 Å². The smallest absolute Gasteiger partial charge is 0.249 e. The number of likely N-dealkylation sites (tertiary alicyclic amines) is 1. The second-order valence-electron chi connectivity index (χ2n) is 5.96. The van der Waals surface area contributed by atoms with Gasteiger partial charge in [-0.25, -0.2) is 0 Å². The van der Waals surface area contributed by atoms with Crippen LogP contribution in [0.4, 0.5) is 5.13 Å². The molecule has 1 saturated carbocycles. The number of anilines is 1. The highest BCUT2D eigenvalue weighted by molar-refractivity contribution is 7.13. The third-order valence-electron chi connectivity index (χ3n) is 4.86. The zero-order chi connectivity index (χ0) is 15.4. The molecule has 4 rings (SSSR count). The molecule has 1 aliphatic heterocycles. The molecule has 5 atom stereocenters. The maximum atomic E-state index is 12.6. The normalized spacial score (nSPS) is 33.4. The molecule has 0 radical (unpaired) electrons. The van der Waals surface area contributed by atoms with Gasteiger partial charge in [-0.2, -0.15) is 0 Å². The fourth-order valence-corrected chi connectivity index (χ4v) is 4.31. The van der Waals surface area contributed by atoms with Gasteiger partial charge in [0.15, 0.2) is 0 Å². The van der Waals surface area contributed by atoms with Gasteiger partial charge in [-0.05, 0) is 25.2 Å². The number of carbonyl (C=O) groups is 3. The van der Waals surface area contributed by atoms with Crippen molar-refractivity contribution in [1.82, 2.24) is 15.1 Å². The number of fused-ring (bicyclic) bond motifs is 5. The first kappa shape index (κ1) is 13.6. The largest absolute Gasteiger partial charge is 0.299 e. The monoisotopic (exact) mass is 318 g/mol. The fraction of sp³-hybridized carbons (Fsp3) is 0.500. The molecule has 2 aliphatic carbocycles. The van der Waals surface area contributed by atoms with Crippen LogP contribution in [0.3, 0.4) is 0 Å². The van der Waals surface area contributed by atoms with Gasteiger partial charge in [0.25, 0.3) is 0 Å². The Labute approximate surface area is 130 Å². The van der Waals surface area contributed by atoms with E-state index in [4.69, 9.17) is 0 Å². The Morgan fingerprint density at radius 2 is 1.95 bits per heavy atom. The maximum absolute atomic E-state index is 12.6. The van der Waals surface area contributed by atoms with Crippen LogP contribution in [-0.2, 0) is 14.4 Å². The van der Waals surface area contributed by atoms with Gasteiger partial charge in [0.05, 0.1) is 11.8 Å². The van der Waals surface area contributed by atoms with E-state index in [-0.39, 0.29) is 35.5 Å². The Morgan fingerprint density at radius 1 is 1.32 bits per heavy atom. The van der Waals surface area contributed by atoms with E-state index in [1.54, 1.807) is 6.92 Å². The molecular weight excluding hydrogens is 304 g/mol. The highest BCUT2D eigenvalue weighted by Gasteiger charge is 2.60. The first-order valence-electron chi connectivity index (χ1n) is 7.20. The van der Waals surface area contributed by atoms with Crippen LogP contribution in [0.5, 0.6) is 0 Å². The minimum absolute atomic E-state index is 0.148. The Bertz CT molecular complexity index is 656. The van der Waals surface area contributed by atoms with Gasteiger partial charge >= 0.3 is 0 Å². The lowest BCUT2D eigenvalue weighted by Gasteiger charge is -2.23. The number of aromatic nitrogens is 2. The maximum Gasteiger partial charge on any atom is 0.249 e. The zero-order valence-electron chi connectivity index (χ0n) is 11.8. The third kappa shape index (κ3) is 1.76. The molecule has 0 unspecified atom stereocenters. The van der Waals surface area contributed by atoms with Crippen LogP contribution >= 0.6 is 11.3 Å². The first-order chi connectivity index (χ1) is 10.6. The van der Waals surface area contributed by atoms with Crippen molar-refractivity contribution in [2.24, 2.45) is 23.7 Å². The number of carbonyl (C=O) groups excluding carboxylic acids is 3. The minimum Gasteiger partial charge on any atom is -0.299 e. The second-order valence-corrected chi connectivity index (χ2v) is 6.79. The average molecular weight is 318 g/mol. The number of hydrogen-bond acceptors (Lipinski definition) is 6. The third-order valence-corrected chi connectivity index (χ3v) is 5.47. The van der Waals surface area contributed by atoms with Crippen molar-refractivity contribution in [3.05, 3.63) is 17.7 Å². The van der Waals surface area contributed by atoms with Crippen LogP contribution in [0.15, 0.2) is 17.7 Å². The molecule has 1 N–H and O–H groups in total. The van der Waals surface area contributed by atoms with E-state index in [0.717, 1.165) is 11.3 Å². The van der Waals surface area contributed by atoms with Gasteiger partial charge in [-0.3, -0.25) is 24.6 Å². The van der Waals surface area contributed by atoms with Gasteiger partial charge in [0.1, 0.15) is 11.6 Å². The zero-order valence-corrected chi connectivity index (χ0v) is 12.6. The molecule has 2 bridgehead atoms. The summed E-state index contributed by atoms with van der Waals surface area (Å²) in [4.78, 5) is 38.6. The van der Waals surface area contributed by atoms with Crippen molar-refractivity contribution in [2.45, 2.75) is 19.4 Å². The molecule has 2 heterocycles.